The fourth-order valence-corrected chi connectivity index (χ4v) is 3.91. The number of sulfonamides is 1. The molecule has 1 saturated heterocycles. The van der Waals surface area contributed by atoms with Crippen molar-refractivity contribution in [1.82, 2.24) is 4.72 Å². The molecule has 106 valence electrons. The molecule has 2 rings (SSSR count). The molecule has 0 radical (unpaired) electrons. The van der Waals surface area contributed by atoms with Crippen LogP contribution in [0.15, 0.2) is 27.6 Å². The summed E-state index contributed by atoms with van der Waals surface area (Å²) >= 11 is 3.25. The Bertz CT molecular complexity index is 556. The largest absolute Gasteiger partial charge is 0.398 e. The van der Waals surface area contributed by atoms with Gasteiger partial charge in [0.1, 0.15) is 4.90 Å². The van der Waals surface area contributed by atoms with Crippen LogP contribution in [0, 0.1) is 0 Å². The van der Waals surface area contributed by atoms with E-state index >= 15 is 0 Å². The van der Waals surface area contributed by atoms with Crippen LogP contribution in [-0.2, 0) is 14.8 Å². The van der Waals surface area contributed by atoms with Crippen LogP contribution in [0.5, 0.6) is 0 Å². The van der Waals surface area contributed by atoms with Crippen molar-refractivity contribution in [2.24, 2.45) is 0 Å². The van der Waals surface area contributed by atoms with Gasteiger partial charge in [0, 0.05) is 17.1 Å². The van der Waals surface area contributed by atoms with Crippen molar-refractivity contribution >= 4 is 31.6 Å². The van der Waals surface area contributed by atoms with Gasteiger partial charge in [-0.05, 0) is 38.0 Å². The van der Waals surface area contributed by atoms with E-state index in [-0.39, 0.29) is 22.7 Å². The molecule has 0 saturated carbocycles. The molecule has 2 atom stereocenters. The predicted octanol–water partition coefficient (Wildman–Crippen LogP) is 1.88. The zero-order chi connectivity index (χ0) is 14.0. The van der Waals surface area contributed by atoms with E-state index in [1.54, 1.807) is 12.1 Å². The number of anilines is 1. The average Bonchev–Trinajstić information content (AvgIpc) is 2.80. The van der Waals surface area contributed by atoms with Crippen molar-refractivity contribution in [2.75, 3.05) is 12.3 Å². The Hall–Kier alpha value is -0.630. The number of nitrogen functional groups attached to an aromatic ring is 1. The van der Waals surface area contributed by atoms with E-state index < -0.39 is 10.0 Å². The third kappa shape index (κ3) is 3.47. The Morgan fingerprint density at radius 3 is 2.84 bits per heavy atom. The average molecular weight is 349 g/mol. The summed E-state index contributed by atoms with van der Waals surface area (Å²) in [6.07, 6.45) is 1.78. The highest BCUT2D eigenvalue weighted by atomic mass is 79.9. The number of benzene rings is 1. The highest BCUT2D eigenvalue weighted by molar-refractivity contribution is 9.10. The first-order valence-electron chi connectivity index (χ1n) is 6.09. The SMILES string of the molecule is CC(NS(=O)(=O)c1ccc(Br)cc1N)C1CCCO1. The highest BCUT2D eigenvalue weighted by Gasteiger charge is 2.27. The Kier molecular flexibility index (Phi) is 4.50. The molecule has 5 nitrogen and oxygen atoms in total. The van der Waals surface area contributed by atoms with Crippen molar-refractivity contribution < 1.29 is 13.2 Å². The molecular formula is C12H17BrN2O3S. The standard InChI is InChI=1S/C12H17BrN2O3S/c1-8(11-3-2-6-18-11)15-19(16,17)12-5-4-9(13)7-10(12)14/h4-5,7-8,11,15H,2-3,6,14H2,1H3. The van der Waals surface area contributed by atoms with Crippen LogP contribution in [-0.4, -0.2) is 27.2 Å². The number of nitrogens with one attached hydrogen (secondary N) is 1. The minimum absolute atomic E-state index is 0.0635. The maximum atomic E-state index is 12.3. The minimum atomic E-state index is -3.62. The van der Waals surface area contributed by atoms with E-state index in [9.17, 15) is 8.42 Å². The molecule has 1 aromatic rings. The second-order valence-corrected chi connectivity index (χ2v) is 7.24. The Labute approximate surface area is 121 Å². The monoisotopic (exact) mass is 348 g/mol. The van der Waals surface area contributed by atoms with Gasteiger partial charge in [-0.25, -0.2) is 13.1 Å². The summed E-state index contributed by atoms with van der Waals surface area (Å²) in [5.41, 5.74) is 5.98. The number of ether oxygens (including phenoxy) is 1. The van der Waals surface area contributed by atoms with Gasteiger partial charge in [0.25, 0.3) is 0 Å². The molecule has 3 N–H and O–H groups in total. The van der Waals surface area contributed by atoms with Crippen molar-refractivity contribution in [3.63, 3.8) is 0 Å². The molecule has 0 aromatic heterocycles. The van der Waals surface area contributed by atoms with Crippen LogP contribution in [0.4, 0.5) is 5.69 Å². The predicted molar refractivity (Wildman–Crippen MR) is 77.3 cm³/mol. The molecule has 1 aromatic carbocycles. The number of hydrogen-bond donors (Lipinski definition) is 2. The highest BCUT2D eigenvalue weighted by Crippen LogP contribution is 2.24. The maximum absolute atomic E-state index is 12.3. The summed E-state index contributed by atoms with van der Waals surface area (Å²) in [4.78, 5) is 0.0977. The normalized spacial score (nSPS) is 21.5. The van der Waals surface area contributed by atoms with Gasteiger partial charge in [0.05, 0.1) is 11.8 Å². The summed E-state index contributed by atoms with van der Waals surface area (Å²) < 4.78 is 33.4. The van der Waals surface area contributed by atoms with Gasteiger partial charge >= 0.3 is 0 Å². The van der Waals surface area contributed by atoms with E-state index in [0.29, 0.717) is 6.61 Å². The summed E-state index contributed by atoms with van der Waals surface area (Å²) in [7, 11) is -3.62. The van der Waals surface area contributed by atoms with Crippen LogP contribution >= 0.6 is 15.9 Å². The van der Waals surface area contributed by atoms with Crippen molar-refractivity contribution in [2.45, 2.75) is 36.8 Å². The Morgan fingerprint density at radius 2 is 2.26 bits per heavy atom. The van der Waals surface area contributed by atoms with Crippen molar-refractivity contribution in [3.05, 3.63) is 22.7 Å². The molecule has 0 spiro atoms. The van der Waals surface area contributed by atoms with Gasteiger partial charge in [-0.3, -0.25) is 0 Å². The van der Waals surface area contributed by atoms with Gasteiger partial charge < -0.3 is 10.5 Å². The second-order valence-electron chi connectivity index (χ2n) is 4.64. The minimum Gasteiger partial charge on any atom is -0.398 e. The van der Waals surface area contributed by atoms with E-state index in [4.69, 9.17) is 10.5 Å². The van der Waals surface area contributed by atoms with Crippen LogP contribution in [0.3, 0.4) is 0 Å². The topological polar surface area (TPSA) is 81.4 Å². The molecular weight excluding hydrogens is 332 g/mol. The smallest absolute Gasteiger partial charge is 0.242 e. The lowest BCUT2D eigenvalue weighted by Gasteiger charge is -2.20. The summed E-state index contributed by atoms with van der Waals surface area (Å²) in [5.74, 6) is 0. The van der Waals surface area contributed by atoms with Crippen LogP contribution in [0.1, 0.15) is 19.8 Å². The van der Waals surface area contributed by atoms with Crippen molar-refractivity contribution in [3.8, 4) is 0 Å². The van der Waals surface area contributed by atoms with E-state index in [0.717, 1.165) is 17.3 Å². The number of halogens is 1. The van der Waals surface area contributed by atoms with E-state index in [2.05, 4.69) is 20.7 Å². The van der Waals surface area contributed by atoms with E-state index in [1.165, 1.54) is 6.07 Å². The summed E-state index contributed by atoms with van der Waals surface area (Å²) in [6.45, 7) is 2.50. The first-order chi connectivity index (χ1) is 8.90. The van der Waals surface area contributed by atoms with Gasteiger partial charge in [-0.1, -0.05) is 15.9 Å². The molecule has 1 fully saturated rings. The molecule has 19 heavy (non-hydrogen) atoms. The number of hydrogen-bond acceptors (Lipinski definition) is 4. The molecule has 0 aliphatic carbocycles. The molecule has 2 unspecified atom stereocenters. The molecule has 7 heteroatoms. The maximum Gasteiger partial charge on any atom is 0.242 e. The zero-order valence-electron chi connectivity index (χ0n) is 10.6. The number of rotatable bonds is 4. The van der Waals surface area contributed by atoms with Crippen LogP contribution in [0.2, 0.25) is 0 Å². The molecule has 1 aliphatic heterocycles. The first kappa shape index (κ1) is 14.8. The third-order valence-corrected chi connectivity index (χ3v) is 5.25. The second kappa shape index (κ2) is 5.78. The van der Waals surface area contributed by atoms with Gasteiger partial charge in [0.15, 0.2) is 0 Å². The lowest BCUT2D eigenvalue weighted by Crippen LogP contribution is -2.40. The first-order valence-corrected chi connectivity index (χ1v) is 8.37. The Balaban J connectivity index is 2.17. The van der Waals surface area contributed by atoms with Gasteiger partial charge in [0.2, 0.25) is 10.0 Å². The summed E-state index contributed by atoms with van der Waals surface area (Å²) in [5, 5.41) is 0. The fourth-order valence-electron chi connectivity index (χ4n) is 2.15. The zero-order valence-corrected chi connectivity index (χ0v) is 13.0. The van der Waals surface area contributed by atoms with Crippen LogP contribution < -0.4 is 10.5 Å². The number of nitrogens with two attached hydrogens (primary N) is 1. The lowest BCUT2D eigenvalue weighted by molar-refractivity contribution is 0.0902. The van der Waals surface area contributed by atoms with Crippen LogP contribution in [0.25, 0.3) is 0 Å². The molecule has 0 bridgehead atoms. The fraction of sp³-hybridized carbons (Fsp3) is 0.500. The van der Waals surface area contributed by atoms with Gasteiger partial charge in [-0.15, -0.1) is 0 Å². The summed E-state index contributed by atoms with van der Waals surface area (Å²) in [6, 6.07) is 4.45. The van der Waals surface area contributed by atoms with E-state index in [1.807, 2.05) is 6.92 Å². The Morgan fingerprint density at radius 1 is 1.53 bits per heavy atom. The molecule has 1 aliphatic rings. The van der Waals surface area contributed by atoms with Crippen molar-refractivity contribution in [1.29, 1.82) is 0 Å². The molecule has 1 heterocycles. The third-order valence-electron chi connectivity index (χ3n) is 3.12. The van der Waals surface area contributed by atoms with Gasteiger partial charge in [-0.2, -0.15) is 0 Å². The quantitative estimate of drug-likeness (QED) is 0.814. The molecule has 0 amide bonds. The lowest BCUT2D eigenvalue weighted by atomic mass is 10.1.